The SMILES string of the molecule is O=c1oc2ccccc2n1CN(Cc1nnc(-c2ccc(Cl)cc2)o1)C1CC1. The molecule has 7 nitrogen and oxygen atoms in total. The fourth-order valence-corrected chi connectivity index (χ4v) is 3.39. The first-order chi connectivity index (χ1) is 13.7. The lowest BCUT2D eigenvalue weighted by atomic mass is 10.2. The van der Waals surface area contributed by atoms with E-state index in [1.165, 1.54) is 0 Å². The van der Waals surface area contributed by atoms with Crippen molar-refractivity contribution in [2.45, 2.75) is 32.1 Å². The summed E-state index contributed by atoms with van der Waals surface area (Å²) in [6, 6.07) is 15.1. The van der Waals surface area contributed by atoms with Gasteiger partial charge in [0.1, 0.15) is 0 Å². The Morgan fingerprint density at radius 1 is 1.07 bits per heavy atom. The second-order valence-electron chi connectivity index (χ2n) is 6.89. The summed E-state index contributed by atoms with van der Waals surface area (Å²) < 4.78 is 12.8. The number of oxazole rings is 1. The molecule has 0 radical (unpaired) electrons. The van der Waals surface area contributed by atoms with E-state index >= 15 is 0 Å². The van der Waals surface area contributed by atoms with Crippen molar-refractivity contribution in [2.75, 3.05) is 0 Å². The number of halogens is 1. The average Bonchev–Trinajstić information content (AvgIpc) is 3.37. The lowest BCUT2D eigenvalue weighted by Crippen LogP contribution is -2.32. The van der Waals surface area contributed by atoms with Crippen LogP contribution in [0.1, 0.15) is 18.7 Å². The van der Waals surface area contributed by atoms with Crippen LogP contribution in [0.2, 0.25) is 5.02 Å². The summed E-state index contributed by atoms with van der Waals surface area (Å²) >= 11 is 5.93. The van der Waals surface area contributed by atoms with Crippen LogP contribution in [0.25, 0.3) is 22.6 Å². The molecule has 1 aliphatic carbocycles. The van der Waals surface area contributed by atoms with Gasteiger partial charge in [-0.25, -0.2) is 4.79 Å². The van der Waals surface area contributed by atoms with Crippen LogP contribution >= 0.6 is 11.6 Å². The summed E-state index contributed by atoms with van der Waals surface area (Å²) in [5, 5.41) is 8.97. The fraction of sp³-hybridized carbons (Fsp3) is 0.250. The molecule has 5 rings (SSSR count). The van der Waals surface area contributed by atoms with Crippen LogP contribution in [0.15, 0.2) is 62.2 Å². The van der Waals surface area contributed by atoms with Crippen molar-refractivity contribution in [3.05, 3.63) is 70.0 Å². The number of fused-ring (bicyclic) bond motifs is 1. The Balaban J connectivity index is 1.39. The monoisotopic (exact) mass is 396 g/mol. The molecule has 1 saturated carbocycles. The zero-order chi connectivity index (χ0) is 19.1. The summed E-state index contributed by atoms with van der Waals surface area (Å²) in [4.78, 5) is 14.5. The molecule has 1 fully saturated rings. The van der Waals surface area contributed by atoms with E-state index in [1.54, 1.807) is 22.8 Å². The molecule has 28 heavy (non-hydrogen) atoms. The lowest BCUT2D eigenvalue weighted by molar-refractivity contribution is 0.177. The highest BCUT2D eigenvalue weighted by Crippen LogP contribution is 2.30. The Morgan fingerprint density at radius 3 is 2.64 bits per heavy atom. The molecule has 0 spiro atoms. The Kier molecular flexibility index (Phi) is 4.26. The smallest absolute Gasteiger partial charge is 0.419 e. The van der Waals surface area contributed by atoms with Gasteiger partial charge in [0, 0.05) is 16.6 Å². The zero-order valence-corrected chi connectivity index (χ0v) is 15.7. The van der Waals surface area contributed by atoms with Crippen molar-refractivity contribution < 1.29 is 8.83 Å². The second kappa shape index (κ2) is 6.92. The van der Waals surface area contributed by atoms with E-state index in [1.807, 2.05) is 30.3 Å². The van der Waals surface area contributed by atoms with Crippen molar-refractivity contribution in [1.82, 2.24) is 19.7 Å². The fourth-order valence-electron chi connectivity index (χ4n) is 3.26. The van der Waals surface area contributed by atoms with Gasteiger partial charge in [-0.3, -0.25) is 9.47 Å². The van der Waals surface area contributed by atoms with Crippen LogP contribution in [-0.4, -0.2) is 25.7 Å². The number of aromatic nitrogens is 3. The average molecular weight is 397 g/mol. The number of hydrogen-bond donors (Lipinski definition) is 0. The molecule has 0 aliphatic heterocycles. The quantitative estimate of drug-likeness (QED) is 0.491. The maximum Gasteiger partial charge on any atom is 0.421 e. The first-order valence-corrected chi connectivity index (χ1v) is 9.46. The Morgan fingerprint density at radius 2 is 1.86 bits per heavy atom. The number of hydrogen-bond acceptors (Lipinski definition) is 6. The minimum absolute atomic E-state index is 0.362. The molecular formula is C20H17ClN4O3. The van der Waals surface area contributed by atoms with E-state index in [0.717, 1.165) is 23.9 Å². The van der Waals surface area contributed by atoms with Gasteiger partial charge < -0.3 is 8.83 Å². The van der Waals surface area contributed by atoms with Crippen molar-refractivity contribution in [3.63, 3.8) is 0 Å². The third-order valence-corrected chi connectivity index (χ3v) is 5.11. The molecule has 0 N–H and O–H groups in total. The summed E-state index contributed by atoms with van der Waals surface area (Å²) in [5.74, 6) is 0.602. The molecule has 0 bridgehead atoms. The molecule has 0 unspecified atom stereocenters. The third kappa shape index (κ3) is 3.34. The van der Waals surface area contributed by atoms with Crippen molar-refractivity contribution in [3.8, 4) is 11.5 Å². The standard InChI is InChI=1S/C20H17ClN4O3/c21-14-7-5-13(6-8-14)19-23-22-18(28-19)11-24(15-9-10-15)12-25-16-3-1-2-4-17(16)27-20(25)26/h1-8,15H,9-12H2. The highest BCUT2D eigenvalue weighted by Gasteiger charge is 2.31. The van der Waals surface area contributed by atoms with E-state index in [2.05, 4.69) is 15.1 Å². The predicted octanol–water partition coefficient (Wildman–Crippen LogP) is 3.92. The van der Waals surface area contributed by atoms with Gasteiger partial charge in [-0.15, -0.1) is 10.2 Å². The molecule has 0 saturated heterocycles. The first-order valence-electron chi connectivity index (χ1n) is 9.08. The number of benzene rings is 2. The van der Waals surface area contributed by atoms with Crippen LogP contribution in [0.4, 0.5) is 0 Å². The topological polar surface area (TPSA) is 77.3 Å². The maximum absolute atomic E-state index is 12.3. The lowest BCUT2D eigenvalue weighted by Gasteiger charge is -2.20. The highest BCUT2D eigenvalue weighted by molar-refractivity contribution is 6.30. The van der Waals surface area contributed by atoms with Gasteiger partial charge in [-0.2, -0.15) is 0 Å². The molecule has 8 heteroatoms. The molecule has 2 heterocycles. The van der Waals surface area contributed by atoms with Gasteiger partial charge >= 0.3 is 5.76 Å². The van der Waals surface area contributed by atoms with Gasteiger partial charge in [0.2, 0.25) is 11.8 Å². The van der Waals surface area contributed by atoms with Gasteiger partial charge in [-0.05, 0) is 49.2 Å². The molecule has 2 aromatic carbocycles. The summed E-state index contributed by atoms with van der Waals surface area (Å²) in [7, 11) is 0. The third-order valence-electron chi connectivity index (χ3n) is 4.86. The maximum atomic E-state index is 12.3. The molecule has 2 aromatic heterocycles. The van der Waals surface area contributed by atoms with E-state index < -0.39 is 0 Å². The number of nitrogens with zero attached hydrogens (tertiary/aromatic N) is 4. The van der Waals surface area contributed by atoms with Crippen LogP contribution in [0.3, 0.4) is 0 Å². The molecular weight excluding hydrogens is 380 g/mol. The van der Waals surface area contributed by atoms with Gasteiger partial charge in [0.15, 0.2) is 5.58 Å². The predicted molar refractivity (Wildman–Crippen MR) is 104 cm³/mol. The summed E-state index contributed by atoms with van der Waals surface area (Å²) in [6.45, 7) is 0.885. The van der Waals surface area contributed by atoms with Crippen LogP contribution in [-0.2, 0) is 13.2 Å². The van der Waals surface area contributed by atoms with Crippen molar-refractivity contribution >= 4 is 22.7 Å². The van der Waals surface area contributed by atoms with Crippen LogP contribution in [0.5, 0.6) is 0 Å². The van der Waals surface area contributed by atoms with E-state index in [4.69, 9.17) is 20.4 Å². The molecule has 142 valence electrons. The largest absolute Gasteiger partial charge is 0.421 e. The van der Waals surface area contributed by atoms with Crippen LogP contribution in [0, 0.1) is 0 Å². The Labute approximate surface area is 165 Å². The van der Waals surface area contributed by atoms with Crippen LogP contribution < -0.4 is 5.76 Å². The zero-order valence-electron chi connectivity index (χ0n) is 14.9. The molecule has 0 atom stereocenters. The Hall–Kier alpha value is -2.90. The normalized spacial score (nSPS) is 14.2. The summed E-state index contributed by atoms with van der Waals surface area (Å²) in [5.41, 5.74) is 2.19. The van der Waals surface area contributed by atoms with Crippen molar-refractivity contribution in [1.29, 1.82) is 0 Å². The number of rotatable bonds is 6. The summed E-state index contributed by atoms with van der Waals surface area (Å²) in [6.07, 6.45) is 2.17. The van der Waals surface area contributed by atoms with Gasteiger partial charge in [-0.1, -0.05) is 23.7 Å². The minimum atomic E-state index is -0.362. The highest BCUT2D eigenvalue weighted by atomic mass is 35.5. The van der Waals surface area contributed by atoms with Gasteiger partial charge in [0.05, 0.1) is 18.7 Å². The molecule has 1 aliphatic rings. The molecule has 0 amide bonds. The van der Waals surface area contributed by atoms with Crippen molar-refractivity contribution in [2.24, 2.45) is 0 Å². The first kappa shape index (κ1) is 17.2. The van der Waals surface area contributed by atoms with E-state index in [0.29, 0.717) is 41.6 Å². The number of para-hydroxylation sites is 2. The van der Waals surface area contributed by atoms with E-state index in [9.17, 15) is 4.79 Å². The van der Waals surface area contributed by atoms with Gasteiger partial charge in [0.25, 0.3) is 0 Å². The minimum Gasteiger partial charge on any atom is -0.419 e. The van der Waals surface area contributed by atoms with E-state index in [-0.39, 0.29) is 5.76 Å². The Bertz CT molecular complexity index is 1170. The molecule has 4 aromatic rings. The second-order valence-corrected chi connectivity index (χ2v) is 7.33.